The molecule has 1 spiro atoms. The third-order valence-electron chi connectivity index (χ3n) is 7.44. The van der Waals surface area contributed by atoms with Crippen LogP contribution in [-0.2, 0) is 17.8 Å². The van der Waals surface area contributed by atoms with Crippen LogP contribution in [0.1, 0.15) is 30.1 Å². The standard InChI is InChI=1S/C26H29BrN8O2S/c1-16-20-9-18(7-8-23(20)35(33-16)19-10-26(11-19)14-34(2)15-26)30-25-28-13-21(27)24(32-25)31-22-6-4-3-5-17(22)12-29-38(36)37/h3-9,13,19,29H,10-12,14-15H2,1-2H3,(H,36,37)(H2,28,30,31,32). The second-order valence-corrected chi connectivity index (χ2v) is 12.0. The molecule has 0 bridgehead atoms. The summed E-state index contributed by atoms with van der Waals surface area (Å²) in [5, 5.41) is 12.6. The van der Waals surface area contributed by atoms with Gasteiger partial charge in [0.15, 0.2) is 0 Å². The van der Waals surface area contributed by atoms with Gasteiger partial charge in [-0.1, -0.05) is 18.2 Å². The largest absolute Gasteiger partial charge is 0.339 e. The van der Waals surface area contributed by atoms with E-state index in [1.54, 1.807) is 6.20 Å². The van der Waals surface area contributed by atoms with E-state index in [0.717, 1.165) is 33.5 Å². The van der Waals surface area contributed by atoms with Gasteiger partial charge < -0.3 is 15.5 Å². The summed E-state index contributed by atoms with van der Waals surface area (Å²) in [7, 11) is 2.19. The van der Waals surface area contributed by atoms with Gasteiger partial charge in [0.05, 0.1) is 21.7 Å². The smallest absolute Gasteiger partial charge is 0.232 e. The average molecular weight is 598 g/mol. The quantitative estimate of drug-likeness (QED) is 0.212. The molecule has 6 rings (SSSR count). The van der Waals surface area contributed by atoms with Gasteiger partial charge in [0.1, 0.15) is 5.82 Å². The molecule has 10 nitrogen and oxygen atoms in total. The molecule has 12 heteroatoms. The molecule has 4 N–H and O–H groups in total. The number of fused-ring (bicyclic) bond motifs is 1. The monoisotopic (exact) mass is 596 g/mol. The minimum atomic E-state index is -2.10. The Kier molecular flexibility index (Phi) is 6.68. The highest BCUT2D eigenvalue weighted by Gasteiger charge is 2.52. The maximum absolute atomic E-state index is 11.1. The SMILES string of the molecule is Cc1nn(C2CC3(C2)CN(C)C3)c2ccc(Nc3ncc(Br)c(Nc4ccccc4CNS(=O)O)n3)cc12. The van der Waals surface area contributed by atoms with Crippen molar-refractivity contribution in [2.45, 2.75) is 32.4 Å². The van der Waals surface area contributed by atoms with Gasteiger partial charge in [0.25, 0.3) is 0 Å². The Hall–Kier alpha value is -2.90. The lowest BCUT2D eigenvalue weighted by molar-refractivity contribution is -0.0775. The summed E-state index contributed by atoms with van der Waals surface area (Å²) < 4.78 is 25.6. The molecule has 1 saturated heterocycles. The first-order valence-electron chi connectivity index (χ1n) is 12.4. The lowest BCUT2D eigenvalue weighted by atomic mass is 9.61. The number of benzene rings is 2. The minimum absolute atomic E-state index is 0.228. The van der Waals surface area contributed by atoms with Crippen LogP contribution < -0.4 is 15.4 Å². The molecule has 1 aliphatic carbocycles. The van der Waals surface area contributed by atoms with E-state index in [1.165, 1.54) is 25.9 Å². The summed E-state index contributed by atoms with van der Waals surface area (Å²) >= 11 is 1.42. The van der Waals surface area contributed by atoms with Crippen molar-refractivity contribution < 1.29 is 8.76 Å². The van der Waals surface area contributed by atoms with Gasteiger partial charge in [0.2, 0.25) is 17.2 Å². The predicted molar refractivity (Wildman–Crippen MR) is 153 cm³/mol. The van der Waals surface area contributed by atoms with Crippen LogP contribution in [0.2, 0.25) is 0 Å². The van der Waals surface area contributed by atoms with E-state index in [-0.39, 0.29) is 6.54 Å². The number of para-hydroxylation sites is 1. The molecule has 38 heavy (non-hydrogen) atoms. The minimum Gasteiger partial charge on any atom is -0.339 e. The number of aromatic nitrogens is 4. The molecule has 198 valence electrons. The lowest BCUT2D eigenvalue weighted by Crippen LogP contribution is -2.60. The van der Waals surface area contributed by atoms with Gasteiger partial charge in [-0.05, 0) is 78.0 Å². The molecular formula is C26H29BrN8O2S. The number of nitrogens with zero attached hydrogens (tertiary/aromatic N) is 5. The highest BCUT2D eigenvalue weighted by molar-refractivity contribution is 9.10. The first-order chi connectivity index (χ1) is 18.3. The molecule has 2 aromatic heterocycles. The van der Waals surface area contributed by atoms with Crippen molar-refractivity contribution in [3.63, 3.8) is 0 Å². The van der Waals surface area contributed by atoms with E-state index >= 15 is 0 Å². The summed E-state index contributed by atoms with van der Waals surface area (Å²) in [5.74, 6) is 1.02. The number of hydrogen-bond donors (Lipinski definition) is 4. The molecule has 2 aromatic carbocycles. The molecule has 4 aromatic rings. The fourth-order valence-corrected chi connectivity index (χ4v) is 6.40. The number of halogens is 1. The summed E-state index contributed by atoms with van der Waals surface area (Å²) in [4.78, 5) is 11.5. The Bertz CT molecular complexity index is 1530. The van der Waals surface area contributed by atoms with Crippen LogP contribution in [0.3, 0.4) is 0 Å². The van der Waals surface area contributed by atoms with Crippen molar-refractivity contribution in [1.29, 1.82) is 0 Å². The van der Waals surface area contributed by atoms with Crippen LogP contribution in [0.25, 0.3) is 10.9 Å². The Morgan fingerprint density at radius 3 is 2.74 bits per heavy atom. The Morgan fingerprint density at radius 2 is 1.97 bits per heavy atom. The van der Waals surface area contributed by atoms with Gasteiger partial charge in [-0.25, -0.2) is 13.9 Å². The third kappa shape index (κ3) is 4.94. The molecule has 1 atom stereocenters. The number of rotatable bonds is 8. The second-order valence-electron chi connectivity index (χ2n) is 10.4. The zero-order chi connectivity index (χ0) is 26.4. The summed E-state index contributed by atoms with van der Waals surface area (Å²) in [5.41, 5.74) is 5.17. The molecule has 3 heterocycles. The molecule has 1 aliphatic heterocycles. The van der Waals surface area contributed by atoms with Gasteiger partial charge in [0, 0.05) is 42.6 Å². The fraction of sp³-hybridized carbons (Fsp3) is 0.346. The molecule has 1 saturated carbocycles. The summed E-state index contributed by atoms with van der Waals surface area (Å²) in [6.07, 6.45) is 4.09. The first kappa shape index (κ1) is 25.4. The molecule has 1 unspecified atom stereocenters. The zero-order valence-electron chi connectivity index (χ0n) is 21.1. The number of aryl methyl sites for hydroxylation is 1. The van der Waals surface area contributed by atoms with Crippen LogP contribution in [0.15, 0.2) is 53.1 Å². The average Bonchev–Trinajstić information content (AvgIpc) is 3.17. The van der Waals surface area contributed by atoms with Gasteiger partial charge in [-0.3, -0.25) is 9.23 Å². The van der Waals surface area contributed by atoms with Crippen molar-refractivity contribution in [2.75, 3.05) is 30.8 Å². The van der Waals surface area contributed by atoms with Crippen molar-refractivity contribution in [3.8, 4) is 0 Å². The normalized spacial score (nSPS) is 17.8. The Balaban J connectivity index is 1.20. The third-order valence-corrected chi connectivity index (χ3v) is 8.41. The fourth-order valence-electron chi connectivity index (χ4n) is 5.83. The number of nitrogens with one attached hydrogen (secondary N) is 3. The molecule has 2 fully saturated rings. The van der Waals surface area contributed by atoms with E-state index in [9.17, 15) is 4.21 Å². The number of likely N-dealkylation sites (tertiary alicyclic amines) is 1. The van der Waals surface area contributed by atoms with Gasteiger partial charge >= 0.3 is 0 Å². The van der Waals surface area contributed by atoms with E-state index in [2.05, 4.69) is 76.9 Å². The van der Waals surface area contributed by atoms with Gasteiger partial charge in [-0.2, -0.15) is 10.1 Å². The van der Waals surface area contributed by atoms with Crippen molar-refractivity contribution in [2.24, 2.45) is 5.41 Å². The summed E-state index contributed by atoms with van der Waals surface area (Å²) in [6, 6.07) is 14.3. The van der Waals surface area contributed by atoms with Crippen molar-refractivity contribution in [1.82, 2.24) is 29.4 Å². The molecule has 0 amide bonds. The van der Waals surface area contributed by atoms with Crippen LogP contribution >= 0.6 is 15.9 Å². The predicted octanol–water partition coefficient (Wildman–Crippen LogP) is 4.88. The van der Waals surface area contributed by atoms with Gasteiger partial charge in [-0.15, -0.1) is 0 Å². The molecule has 2 aliphatic rings. The first-order valence-corrected chi connectivity index (χ1v) is 14.3. The highest BCUT2D eigenvalue weighted by atomic mass is 79.9. The number of anilines is 4. The Morgan fingerprint density at radius 1 is 1.18 bits per heavy atom. The lowest BCUT2D eigenvalue weighted by Gasteiger charge is -2.58. The van der Waals surface area contributed by atoms with Crippen LogP contribution in [0.5, 0.6) is 0 Å². The van der Waals surface area contributed by atoms with Crippen LogP contribution in [0.4, 0.5) is 23.1 Å². The van der Waals surface area contributed by atoms with Crippen LogP contribution in [0, 0.1) is 12.3 Å². The van der Waals surface area contributed by atoms with E-state index < -0.39 is 11.3 Å². The number of hydrogen-bond acceptors (Lipinski definition) is 7. The molecular weight excluding hydrogens is 568 g/mol. The summed E-state index contributed by atoms with van der Waals surface area (Å²) in [6.45, 7) is 4.69. The zero-order valence-corrected chi connectivity index (χ0v) is 23.5. The molecule has 0 radical (unpaired) electrons. The maximum atomic E-state index is 11.1. The van der Waals surface area contributed by atoms with E-state index in [4.69, 9.17) is 9.65 Å². The van der Waals surface area contributed by atoms with E-state index in [1.807, 2.05) is 30.3 Å². The van der Waals surface area contributed by atoms with Crippen molar-refractivity contribution >= 4 is 61.2 Å². The van der Waals surface area contributed by atoms with Crippen molar-refractivity contribution in [3.05, 3.63) is 64.4 Å². The van der Waals surface area contributed by atoms with Crippen LogP contribution in [-0.4, -0.2) is 53.5 Å². The maximum Gasteiger partial charge on any atom is 0.232 e. The highest BCUT2D eigenvalue weighted by Crippen LogP contribution is 2.54. The second kappa shape index (κ2) is 10.0. The Labute approximate surface area is 231 Å². The van der Waals surface area contributed by atoms with E-state index in [0.29, 0.717) is 27.7 Å². The topological polar surface area (TPSA) is 120 Å².